The Morgan fingerprint density at radius 2 is 1.78 bits per heavy atom. The third kappa shape index (κ3) is 5.30. The molecule has 0 atom stereocenters. The van der Waals surface area contributed by atoms with Crippen LogP contribution in [-0.2, 0) is 19.6 Å². The van der Waals surface area contributed by atoms with E-state index >= 15 is 0 Å². The average molecular weight is 390 g/mol. The van der Waals surface area contributed by atoms with Crippen LogP contribution in [0.3, 0.4) is 0 Å². The molecular formula is C19H22N2O5S. The molecule has 8 heteroatoms. The van der Waals surface area contributed by atoms with Gasteiger partial charge in [0, 0.05) is 6.54 Å². The first-order valence-corrected chi connectivity index (χ1v) is 9.93. The fraction of sp³-hybridized carbons (Fsp3) is 0.263. The van der Waals surface area contributed by atoms with Gasteiger partial charge >= 0.3 is 5.97 Å². The van der Waals surface area contributed by atoms with Gasteiger partial charge in [-0.25, -0.2) is 13.2 Å². The second-order valence-electron chi connectivity index (χ2n) is 5.84. The van der Waals surface area contributed by atoms with Crippen molar-refractivity contribution < 1.29 is 22.7 Å². The SMILES string of the molecule is CCCCN(c1ccccc1)S(=O)(=O)c1cccc(C(=O)OCC(N)=O)c1. The highest BCUT2D eigenvalue weighted by molar-refractivity contribution is 7.92. The third-order valence-electron chi connectivity index (χ3n) is 3.76. The first kappa shape index (κ1) is 20.4. The number of nitrogens with zero attached hydrogens (tertiary/aromatic N) is 1. The van der Waals surface area contributed by atoms with Crippen LogP contribution >= 0.6 is 0 Å². The van der Waals surface area contributed by atoms with Gasteiger partial charge in [-0.1, -0.05) is 37.6 Å². The summed E-state index contributed by atoms with van der Waals surface area (Å²) in [6.45, 7) is 1.73. The Hall–Kier alpha value is -2.87. The Morgan fingerprint density at radius 3 is 2.41 bits per heavy atom. The van der Waals surface area contributed by atoms with Crippen LogP contribution in [0.15, 0.2) is 59.5 Å². The fourth-order valence-corrected chi connectivity index (χ4v) is 3.96. The predicted molar refractivity (Wildman–Crippen MR) is 102 cm³/mol. The summed E-state index contributed by atoms with van der Waals surface area (Å²) in [7, 11) is -3.88. The van der Waals surface area contributed by atoms with Crippen LogP contribution < -0.4 is 10.0 Å². The third-order valence-corrected chi connectivity index (χ3v) is 5.59. The van der Waals surface area contributed by atoms with E-state index in [1.165, 1.54) is 28.6 Å². The molecule has 0 fully saturated rings. The summed E-state index contributed by atoms with van der Waals surface area (Å²) in [6.07, 6.45) is 1.52. The van der Waals surface area contributed by atoms with E-state index in [2.05, 4.69) is 0 Å². The number of carbonyl (C=O) groups excluding carboxylic acids is 2. The molecule has 1 amide bonds. The minimum Gasteiger partial charge on any atom is -0.452 e. The van der Waals surface area contributed by atoms with Gasteiger partial charge in [-0.05, 0) is 36.8 Å². The predicted octanol–water partition coefficient (Wildman–Crippen LogP) is 2.32. The molecule has 0 aromatic heterocycles. The van der Waals surface area contributed by atoms with E-state index in [-0.39, 0.29) is 10.5 Å². The topological polar surface area (TPSA) is 107 Å². The van der Waals surface area contributed by atoms with Gasteiger partial charge in [-0.2, -0.15) is 0 Å². The molecule has 0 saturated carbocycles. The van der Waals surface area contributed by atoms with Crippen molar-refractivity contribution in [2.75, 3.05) is 17.5 Å². The maximum Gasteiger partial charge on any atom is 0.338 e. The van der Waals surface area contributed by atoms with Crippen molar-refractivity contribution in [2.45, 2.75) is 24.7 Å². The van der Waals surface area contributed by atoms with Crippen molar-refractivity contribution >= 4 is 27.6 Å². The summed E-state index contributed by atoms with van der Waals surface area (Å²) < 4.78 is 32.4. The number of carbonyl (C=O) groups is 2. The first-order chi connectivity index (χ1) is 12.9. The maximum atomic E-state index is 13.2. The number of primary amides is 1. The van der Waals surface area contributed by atoms with E-state index < -0.39 is 28.5 Å². The summed E-state index contributed by atoms with van der Waals surface area (Å²) >= 11 is 0. The molecule has 27 heavy (non-hydrogen) atoms. The van der Waals surface area contributed by atoms with Crippen LogP contribution in [0.4, 0.5) is 5.69 Å². The van der Waals surface area contributed by atoms with E-state index in [0.717, 1.165) is 6.42 Å². The lowest BCUT2D eigenvalue weighted by Crippen LogP contribution is -2.32. The van der Waals surface area contributed by atoms with Gasteiger partial charge in [0.2, 0.25) is 0 Å². The molecule has 0 aliphatic carbocycles. The number of benzene rings is 2. The second kappa shape index (κ2) is 9.18. The maximum absolute atomic E-state index is 13.2. The number of hydrogen-bond acceptors (Lipinski definition) is 5. The molecule has 0 unspecified atom stereocenters. The van der Waals surface area contributed by atoms with E-state index in [0.29, 0.717) is 18.7 Å². The molecule has 0 saturated heterocycles. The Kier molecular flexibility index (Phi) is 6.95. The van der Waals surface area contributed by atoms with Crippen LogP contribution in [0.1, 0.15) is 30.1 Å². The van der Waals surface area contributed by atoms with E-state index in [1.807, 2.05) is 13.0 Å². The summed E-state index contributed by atoms with van der Waals surface area (Å²) in [5, 5.41) is 0. The molecule has 0 bridgehead atoms. The van der Waals surface area contributed by atoms with Crippen molar-refractivity contribution in [3.63, 3.8) is 0 Å². The lowest BCUT2D eigenvalue weighted by molar-refractivity contribution is -0.121. The van der Waals surface area contributed by atoms with Crippen molar-refractivity contribution in [2.24, 2.45) is 5.73 Å². The highest BCUT2D eigenvalue weighted by Gasteiger charge is 2.25. The van der Waals surface area contributed by atoms with Crippen molar-refractivity contribution in [1.29, 1.82) is 0 Å². The standard InChI is InChI=1S/C19H22N2O5S/c1-2-3-12-21(16-9-5-4-6-10-16)27(24,25)17-11-7-8-15(13-17)19(23)26-14-18(20)22/h4-11,13H,2-3,12,14H2,1H3,(H2,20,22). The quantitative estimate of drug-likeness (QED) is 0.661. The highest BCUT2D eigenvalue weighted by atomic mass is 32.2. The molecule has 0 radical (unpaired) electrons. The van der Waals surface area contributed by atoms with Gasteiger partial charge in [0.05, 0.1) is 16.1 Å². The van der Waals surface area contributed by atoms with Gasteiger partial charge in [0.1, 0.15) is 0 Å². The Bertz CT molecular complexity index is 897. The number of anilines is 1. The molecule has 144 valence electrons. The monoisotopic (exact) mass is 390 g/mol. The average Bonchev–Trinajstić information content (AvgIpc) is 2.67. The number of unbranched alkanes of at least 4 members (excludes halogenated alkanes) is 1. The van der Waals surface area contributed by atoms with Gasteiger partial charge in [0.25, 0.3) is 15.9 Å². The molecule has 0 heterocycles. The minimum absolute atomic E-state index is 0.0285. The number of hydrogen-bond donors (Lipinski definition) is 1. The Balaban J connectivity index is 2.36. The van der Waals surface area contributed by atoms with Crippen LogP contribution in [-0.4, -0.2) is 33.4 Å². The van der Waals surface area contributed by atoms with Crippen molar-refractivity contribution in [1.82, 2.24) is 0 Å². The smallest absolute Gasteiger partial charge is 0.338 e. The van der Waals surface area contributed by atoms with Crippen LogP contribution in [0.25, 0.3) is 0 Å². The number of para-hydroxylation sites is 1. The zero-order valence-corrected chi connectivity index (χ0v) is 15.8. The number of esters is 1. The second-order valence-corrected chi connectivity index (χ2v) is 7.70. The summed E-state index contributed by atoms with van der Waals surface area (Å²) in [4.78, 5) is 22.7. The zero-order valence-electron chi connectivity index (χ0n) is 15.0. The van der Waals surface area contributed by atoms with Gasteiger partial charge < -0.3 is 10.5 Å². The van der Waals surface area contributed by atoms with Gasteiger partial charge in [-0.15, -0.1) is 0 Å². The molecule has 0 spiro atoms. The van der Waals surface area contributed by atoms with E-state index in [9.17, 15) is 18.0 Å². The Morgan fingerprint density at radius 1 is 1.07 bits per heavy atom. The van der Waals surface area contributed by atoms with Crippen LogP contribution in [0.2, 0.25) is 0 Å². The summed E-state index contributed by atoms with van der Waals surface area (Å²) in [5.41, 5.74) is 5.53. The van der Waals surface area contributed by atoms with Crippen LogP contribution in [0, 0.1) is 0 Å². The Labute approximate surface area is 158 Å². The molecule has 0 aliphatic heterocycles. The van der Waals surface area contributed by atoms with Crippen LogP contribution in [0.5, 0.6) is 0 Å². The zero-order chi connectivity index (χ0) is 19.9. The number of sulfonamides is 1. The fourth-order valence-electron chi connectivity index (χ4n) is 2.41. The molecule has 2 aromatic carbocycles. The normalized spacial score (nSPS) is 11.0. The molecule has 7 nitrogen and oxygen atoms in total. The molecule has 2 aromatic rings. The number of ether oxygens (including phenoxy) is 1. The summed E-state index contributed by atoms with van der Waals surface area (Å²) in [6, 6.07) is 14.3. The number of nitrogens with two attached hydrogens (primary N) is 1. The van der Waals surface area contributed by atoms with E-state index in [4.69, 9.17) is 10.5 Å². The van der Waals surface area contributed by atoms with Crippen molar-refractivity contribution in [3.8, 4) is 0 Å². The lowest BCUT2D eigenvalue weighted by atomic mass is 10.2. The largest absolute Gasteiger partial charge is 0.452 e. The molecular weight excluding hydrogens is 368 g/mol. The minimum atomic E-state index is -3.88. The molecule has 0 aliphatic rings. The number of amides is 1. The first-order valence-electron chi connectivity index (χ1n) is 8.49. The van der Waals surface area contributed by atoms with Crippen molar-refractivity contribution in [3.05, 3.63) is 60.2 Å². The van der Waals surface area contributed by atoms with Gasteiger partial charge in [0.15, 0.2) is 6.61 Å². The lowest BCUT2D eigenvalue weighted by Gasteiger charge is -2.24. The number of rotatable bonds is 9. The molecule has 2 N–H and O–H groups in total. The van der Waals surface area contributed by atoms with Gasteiger partial charge in [-0.3, -0.25) is 9.10 Å². The highest BCUT2D eigenvalue weighted by Crippen LogP contribution is 2.24. The summed E-state index contributed by atoms with van der Waals surface area (Å²) in [5.74, 6) is -1.60. The van der Waals surface area contributed by atoms with E-state index in [1.54, 1.807) is 24.3 Å². The molecule has 2 rings (SSSR count).